The standard InChI is InChI=1S/C13H17N3O3.ClH/c17-13(10-15-8-4-1-5-9-15)14-11-6-2-3-7-12(11)16(18)19;/h2-3,6-7H,1,4-5,8-10H2,(H,14,17);1H. The predicted octanol–water partition coefficient (Wildman–Crippen LogP) is 2.44. The van der Waals surface area contributed by atoms with Crippen LogP contribution in [-0.2, 0) is 4.79 Å². The van der Waals surface area contributed by atoms with Crippen molar-refractivity contribution in [1.82, 2.24) is 4.90 Å². The van der Waals surface area contributed by atoms with Crippen LogP contribution in [0, 0.1) is 10.1 Å². The molecule has 1 aliphatic rings. The fourth-order valence-corrected chi connectivity index (χ4v) is 2.25. The molecule has 1 N–H and O–H groups in total. The highest BCUT2D eigenvalue weighted by atomic mass is 35.5. The lowest BCUT2D eigenvalue weighted by Crippen LogP contribution is -2.36. The van der Waals surface area contributed by atoms with Crippen LogP contribution in [-0.4, -0.2) is 35.4 Å². The van der Waals surface area contributed by atoms with Gasteiger partial charge in [-0.25, -0.2) is 0 Å². The highest BCUT2D eigenvalue weighted by Gasteiger charge is 2.17. The normalized spacial score (nSPS) is 15.2. The molecule has 1 fully saturated rings. The van der Waals surface area contributed by atoms with Gasteiger partial charge in [-0.15, -0.1) is 12.4 Å². The number of halogens is 1. The summed E-state index contributed by atoms with van der Waals surface area (Å²) < 4.78 is 0. The molecule has 1 aromatic carbocycles. The summed E-state index contributed by atoms with van der Waals surface area (Å²) in [5.74, 6) is -0.198. The number of carbonyl (C=O) groups excluding carboxylic acids is 1. The molecule has 110 valence electrons. The molecule has 1 aliphatic heterocycles. The molecule has 0 atom stereocenters. The van der Waals surface area contributed by atoms with Crippen molar-refractivity contribution in [3.63, 3.8) is 0 Å². The predicted molar refractivity (Wildman–Crippen MR) is 79.3 cm³/mol. The Morgan fingerprint density at radius 2 is 1.90 bits per heavy atom. The van der Waals surface area contributed by atoms with Gasteiger partial charge in [0.15, 0.2) is 0 Å². The number of amides is 1. The second kappa shape index (κ2) is 7.81. The molecule has 0 aliphatic carbocycles. The molecular weight excluding hydrogens is 282 g/mol. The number of benzene rings is 1. The number of nitro groups is 1. The van der Waals surface area contributed by atoms with Crippen LogP contribution in [0.25, 0.3) is 0 Å². The molecule has 1 aromatic rings. The number of piperidine rings is 1. The Labute approximate surface area is 123 Å². The van der Waals surface area contributed by atoms with Crippen LogP contribution >= 0.6 is 12.4 Å². The molecule has 0 bridgehead atoms. The van der Waals surface area contributed by atoms with E-state index in [9.17, 15) is 14.9 Å². The van der Waals surface area contributed by atoms with Crippen LogP contribution in [0.1, 0.15) is 19.3 Å². The Morgan fingerprint density at radius 3 is 2.55 bits per heavy atom. The van der Waals surface area contributed by atoms with Crippen molar-refractivity contribution < 1.29 is 9.72 Å². The van der Waals surface area contributed by atoms with E-state index < -0.39 is 4.92 Å². The van der Waals surface area contributed by atoms with Crippen molar-refractivity contribution in [2.24, 2.45) is 0 Å². The maximum Gasteiger partial charge on any atom is 0.292 e. The Hall–Kier alpha value is -1.66. The van der Waals surface area contributed by atoms with Crippen molar-refractivity contribution >= 4 is 29.7 Å². The van der Waals surface area contributed by atoms with Gasteiger partial charge in [0, 0.05) is 6.07 Å². The van der Waals surface area contributed by atoms with Gasteiger partial charge in [0.2, 0.25) is 5.91 Å². The zero-order valence-corrected chi connectivity index (χ0v) is 11.9. The maximum absolute atomic E-state index is 11.9. The van der Waals surface area contributed by atoms with Crippen molar-refractivity contribution in [2.45, 2.75) is 19.3 Å². The minimum Gasteiger partial charge on any atom is -0.319 e. The number of rotatable bonds is 4. The molecule has 0 aromatic heterocycles. The zero-order valence-electron chi connectivity index (χ0n) is 11.1. The fraction of sp³-hybridized carbons (Fsp3) is 0.462. The van der Waals surface area contributed by atoms with E-state index in [4.69, 9.17) is 0 Å². The summed E-state index contributed by atoms with van der Waals surface area (Å²) in [6.45, 7) is 2.14. The first-order valence-electron chi connectivity index (χ1n) is 6.42. The number of nitrogens with one attached hydrogen (secondary N) is 1. The number of nitro benzene ring substituents is 1. The van der Waals surface area contributed by atoms with Gasteiger partial charge in [-0.1, -0.05) is 18.6 Å². The first-order chi connectivity index (χ1) is 9.16. The lowest BCUT2D eigenvalue weighted by Gasteiger charge is -2.25. The molecular formula is C13H18ClN3O3. The molecule has 2 rings (SSSR count). The van der Waals surface area contributed by atoms with E-state index in [0.717, 1.165) is 25.9 Å². The third kappa shape index (κ3) is 4.47. The number of carbonyl (C=O) groups is 1. The summed E-state index contributed by atoms with van der Waals surface area (Å²) >= 11 is 0. The molecule has 1 saturated heterocycles. The van der Waals surface area contributed by atoms with Crippen LogP contribution in [0.4, 0.5) is 11.4 Å². The minimum atomic E-state index is -0.490. The molecule has 20 heavy (non-hydrogen) atoms. The Kier molecular flexibility index (Phi) is 6.41. The summed E-state index contributed by atoms with van der Waals surface area (Å²) in [5, 5.41) is 13.5. The molecule has 1 heterocycles. The quantitative estimate of drug-likeness (QED) is 0.684. The first kappa shape index (κ1) is 16.4. The fourth-order valence-electron chi connectivity index (χ4n) is 2.25. The van der Waals surface area contributed by atoms with Crippen molar-refractivity contribution in [1.29, 1.82) is 0 Å². The number of nitrogens with zero attached hydrogens (tertiary/aromatic N) is 2. The summed E-state index contributed by atoms with van der Waals surface area (Å²) in [7, 11) is 0. The SMILES string of the molecule is Cl.O=C(CN1CCCCC1)Nc1ccccc1[N+](=O)[O-]. The highest BCUT2D eigenvalue weighted by molar-refractivity contribution is 5.94. The van der Waals surface area contributed by atoms with Gasteiger partial charge < -0.3 is 5.32 Å². The van der Waals surface area contributed by atoms with Crippen LogP contribution in [0.5, 0.6) is 0 Å². The van der Waals surface area contributed by atoms with Gasteiger partial charge in [0.25, 0.3) is 5.69 Å². The van der Waals surface area contributed by atoms with Gasteiger partial charge in [-0.05, 0) is 32.0 Å². The minimum absolute atomic E-state index is 0. The monoisotopic (exact) mass is 299 g/mol. The number of likely N-dealkylation sites (tertiary alicyclic amines) is 1. The van der Waals surface area contributed by atoms with Crippen LogP contribution in [0.2, 0.25) is 0 Å². The second-order valence-corrected chi connectivity index (χ2v) is 4.66. The average Bonchev–Trinajstić information content (AvgIpc) is 2.40. The molecule has 0 saturated carbocycles. The number of para-hydroxylation sites is 2. The number of hydrogen-bond donors (Lipinski definition) is 1. The molecule has 1 amide bonds. The largest absolute Gasteiger partial charge is 0.319 e. The molecule has 0 radical (unpaired) electrons. The van der Waals surface area contributed by atoms with E-state index in [1.54, 1.807) is 18.2 Å². The van der Waals surface area contributed by atoms with Gasteiger partial charge in [-0.2, -0.15) is 0 Å². The number of anilines is 1. The van der Waals surface area contributed by atoms with Crippen LogP contribution < -0.4 is 5.32 Å². The molecule has 0 unspecified atom stereocenters. The van der Waals surface area contributed by atoms with E-state index in [0.29, 0.717) is 6.54 Å². The van der Waals surface area contributed by atoms with E-state index >= 15 is 0 Å². The van der Waals surface area contributed by atoms with Gasteiger partial charge in [0.1, 0.15) is 5.69 Å². The van der Waals surface area contributed by atoms with Crippen molar-refractivity contribution in [3.8, 4) is 0 Å². The van der Waals surface area contributed by atoms with E-state index in [-0.39, 0.29) is 29.7 Å². The first-order valence-corrected chi connectivity index (χ1v) is 6.42. The topological polar surface area (TPSA) is 75.5 Å². The third-order valence-electron chi connectivity index (χ3n) is 3.19. The summed E-state index contributed by atoms with van der Waals surface area (Å²) in [4.78, 5) is 24.3. The highest BCUT2D eigenvalue weighted by Crippen LogP contribution is 2.23. The van der Waals surface area contributed by atoms with Gasteiger partial charge in [0.05, 0.1) is 11.5 Å². The Balaban J connectivity index is 0.00000200. The molecule has 0 spiro atoms. The average molecular weight is 300 g/mol. The Bertz CT molecular complexity index is 476. The number of hydrogen-bond acceptors (Lipinski definition) is 4. The maximum atomic E-state index is 11.9. The van der Waals surface area contributed by atoms with E-state index in [1.165, 1.54) is 12.5 Å². The van der Waals surface area contributed by atoms with E-state index in [1.807, 2.05) is 0 Å². The molecule has 7 heteroatoms. The smallest absolute Gasteiger partial charge is 0.292 e. The van der Waals surface area contributed by atoms with E-state index in [2.05, 4.69) is 10.2 Å². The van der Waals surface area contributed by atoms with Gasteiger partial charge >= 0.3 is 0 Å². The Morgan fingerprint density at radius 1 is 1.25 bits per heavy atom. The summed E-state index contributed by atoms with van der Waals surface area (Å²) in [6, 6.07) is 6.19. The summed E-state index contributed by atoms with van der Waals surface area (Å²) in [6.07, 6.45) is 3.43. The van der Waals surface area contributed by atoms with Crippen molar-refractivity contribution in [2.75, 3.05) is 25.0 Å². The van der Waals surface area contributed by atoms with Crippen molar-refractivity contribution in [3.05, 3.63) is 34.4 Å². The third-order valence-corrected chi connectivity index (χ3v) is 3.19. The molecule has 6 nitrogen and oxygen atoms in total. The van der Waals surface area contributed by atoms with Crippen LogP contribution in [0.15, 0.2) is 24.3 Å². The summed E-state index contributed by atoms with van der Waals surface area (Å²) in [5.41, 5.74) is 0.184. The van der Waals surface area contributed by atoms with Crippen LogP contribution in [0.3, 0.4) is 0 Å². The lowest BCUT2D eigenvalue weighted by molar-refractivity contribution is -0.383. The second-order valence-electron chi connectivity index (χ2n) is 4.66. The zero-order chi connectivity index (χ0) is 13.7. The van der Waals surface area contributed by atoms with Gasteiger partial charge in [-0.3, -0.25) is 19.8 Å². The lowest BCUT2D eigenvalue weighted by atomic mass is 10.1.